The number of H-pyrrole nitrogens is 1. The van der Waals surface area contributed by atoms with E-state index in [1.54, 1.807) is 38.5 Å². The maximum Gasteiger partial charge on any atom is 0.411 e. The number of aromatic carboxylic acids is 1. The van der Waals surface area contributed by atoms with Crippen LogP contribution in [0.25, 0.3) is 10.9 Å². The van der Waals surface area contributed by atoms with Gasteiger partial charge in [0.1, 0.15) is 11.9 Å². The molecule has 0 radical (unpaired) electrons. The summed E-state index contributed by atoms with van der Waals surface area (Å²) in [5.74, 6) is -1.75. The van der Waals surface area contributed by atoms with Crippen LogP contribution in [0.3, 0.4) is 0 Å². The molecule has 1 atom stereocenters. The van der Waals surface area contributed by atoms with Gasteiger partial charge < -0.3 is 24.5 Å². The van der Waals surface area contributed by atoms with E-state index in [4.69, 9.17) is 9.47 Å². The lowest BCUT2D eigenvalue weighted by molar-refractivity contribution is -0.129. The number of ether oxygens (including phenoxy) is 2. The minimum absolute atomic E-state index is 0.0510. The Labute approximate surface area is 203 Å². The number of anilines is 1. The van der Waals surface area contributed by atoms with Crippen molar-refractivity contribution < 1.29 is 29.0 Å². The lowest BCUT2D eigenvalue weighted by Gasteiger charge is -2.23. The highest BCUT2D eigenvalue weighted by molar-refractivity contribution is 5.97. The van der Waals surface area contributed by atoms with E-state index in [1.807, 2.05) is 6.07 Å². The summed E-state index contributed by atoms with van der Waals surface area (Å²) in [7, 11) is 4.76. The van der Waals surface area contributed by atoms with Gasteiger partial charge in [0, 0.05) is 42.4 Å². The van der Waals surface area contributed by atoms with Crippen molar-refractivity contribution >= 4 is 34.6 Å². The molecule has 4 rings (SSSR count). The van der Waals surface area contributed by atoms with Crippen molar-refractivity contribution in [1.29, 1.82) is 0 Å². The molecule has 184 valence electrons. The van der Waals surface area contributed by atoms with Crippen LogP contribution in [-0.2, 0) is 9.53 Å². The molecule has 0 spiro atoms. The van der Waals surface area contributed by atoms with Gasteiger partial charge in [0.25, 0.3) is 0 Å². The Balaban J connectivity index is 1.73. The van der Waals surface area contributed by atoms with Crippen molar-refractivity contribution in [2.45, 2.75) is 37.7 Å². The third kappa shape index (κ3) is 5.08. The van der Waals surface area contributed by atoms with Gasteiger partial charge in [0.15, 0.2) is 0 Å². The van der Waals surface area contributed by atoms with E-state index in [-0.39, 0.29) is 17.6 Å². The Bertz CT molecular complexity index is 1260. The Morgan fingerprint density at radius 1 is 1.09 bits per heavy atom. The molecule has 1 heterocycles. The fourth-order valence-electron chi connectivity index (χ4n) is 4.54. The lowest BCUT2D eigenvalue weighted by Crippen LogP contribution is -2.29. The van der Waals surface area contributed by atoms with E-state index >= 15 is 0 Å². The van der Waals surface area contributed by atoms with Crippen LogP contribution in [0.1, 0.15) is 53.1 Å². The van der Waals surface area contributed by atoms with Crippen molar-refractivity contribution in [1.82, 2.24) is 9.88 Å². The minimum Gasteiger partial charge on any atom is -0.496 e. The first-order valence-electron chi connectivity index (χ1n) is 11.5. The summed E-state index contributed by atoms with van der Waals surface area (Å²) >= 11 is 0. The normalized spacial score (nSPS) is 14.5. The van der Waals surface area contributed by atoms with Crippen molar-refractivity contribution in [3.63, 3.8) is 0 Å². The highest BCUT2D eigenvalue weighted by atomic mass is 16.6. The summed E-state index contributed by atoms with van der Waals surface area (Å²) in [6.45, 7) is 0. The second-order valence-electron chi connectivity index (χ2n) is 8.87. The number of hydrogen-bond acceptors (Lipinski definition) is 5. The molecule has 3 aromatic rings. The zero-order valence-corrected chi connectivity index (χ0v) is 20.0. The zero-order valence-electron chi connectivity index (χ0n) is 20.0. The Hall–Kier alpha value is -4.01. The van der Waals surface area contributed by atoms with Gasteiger partial charge in [-0.3, -0.25) is 10.1 Å². The molecular weight excluding hydrogens is 450 g/mol. The van der Waals surface area contributed by atoms with Crippen molar-refractivity contribution in [2.24, 2.45) is 0 Å². The van der Waals surface area contributed by atoms with Gasteiger partial charge in [-0.2, -0.15) is 0 Å². The second-order valence-corrected chi connectivity index (χ2v) is 8.87. The van der Waals surface area contributed by atoms with Gasteiger partial charge >= 0.3 is 12.1 Å². The number of carbonyl (C=O) groups is 3. The smallest absolute Gasteiger partial charge is 0.411 e. The topological polar surface area (TPSA) is 121 Å². The molecule has 0 bridgehead atoms. The van der Waals surface area contributed by atoms with E-state index in [1.165, 1.54) is 24.1 Å². The number of hydrogen-bond donors (Lipinski definition) is 3. The first-order chi connectivity index (χ1) is 16.8. The van der Waals surface area contributed by atoms with Crippen LogP contribution in [0.2, 0.25) is 0 Å². The summed E-state index contributed by atoms with van der Waals surface area (Å²) in [4.78, 5) is 41.9. The van der Waals surface area contributed by atoms with Crippen molar-refractivity contribution in [2.75, 3.05) is 26.5 Å². The molecule has 0 saturated heterocycles. The number of carbonyl (C=O) groups excluding carboxylic acids is 2. The Morgan fingerprint density at radius 3 is 2.49 bits per heavy atom. The summed E-state index contributed by atoms with van der Waals surface area (Å²) in [6.07, 6.45) is 5.09. The number of aromatic nitrogens is 1. The van der Waals surface area contributed by atoms with E-state index in [0.29, 0.717) is 22.6 Å². The summed E-state index contributed by atoms with van der Waals surface area (Å²) in [6, 6.07) is 9.86. The number of carboxylic acids is 1. The molecule has 9 nitrogen and oxygen atoms in total. The number of carboxylic acid groups (broad SMARTS) is 1. The monoisotopic (exact) mass is 479 g/mol. The highest BCUT2D eigenvalue weighted by Crippen LogP contribution is 2.38. The molecule has 1 aromatic heterocycles. The Kier molecular flexibility index (Phi) is 6.95. The maximum absolute atomic E-state index is 13.4. The number of nitrogens with zero attached hydrogens (tertiary/aromatic N) is 1. The number of benzene rings is 2. The van der Waals surface area contributed by atoms with Gasteiger partial charge in [-0.25, -0.2) is 9.59 Å². The quantitative estimate of drug-likeness (QED) is 0.456. The van der Waals surface area contributed by atoms with E-state index in [9.17, 15) is 19.5 Å². The number of fused-ring (bicyclic) bond motifs is 1. The molecular formula is C26H29N3O6. The molecule has 2 aromatic carbocycles. The van der Waals surface area contributed by atoms with Crippen molar-refractivity contribution in [3.8, 4) is 5.75 Å². The predicted octanol–water partition coefficient (Wildman–Crippen LogP) is 4.59. The standard InChI is InChI=1S/C26H29N3O6/c1-29(2)24(30)23(18-10-8-15(25(31)32)12-22(18)34-3)20-14-27-21-11-9-16(13-19(20)21)28-26(33)35-17-6-4-5-7-17/h8-14,17,23,27H,4-7H2,1-3H3,(H,28,33)(H,31,32). The van der Waals surface area contributed by atoms with Gasteiger partial charge in [-0.1, -0.05) is 6.07 Å². The number of methoxy groups -OCH3 is 1. The average Bonchev–Trinajstić information content (AvgIpc) is 3.49. The van der Waals surface area contributed by atoms with E-state index < -0.39 is 18.0 Å². The molecule has 1 fully saturated rings. The number of likely N-dealkylation sites (N-methyl/N-ethyl adjacent to an activating group) is 1. The van der Waals surface area contributed by atoms with Crippen LogP contribution in [-0.4, -0.2) is 60.3 Å². The molecule has 9 heteroatoms. The van der Waals surface area contributed by atoms with Gasteiger partial charge in [0.2, 0.25) is 5.91 Å². The fraction of sp³-hybridized carbons (Fsp3) is 0.346. The average molecular weight is 480 g/mol. The third-order valence-corrected chi connectivity index (χ3v) is 6.33. The number of nitrogens with one attached hydrogen (secondary N) is 2. The molecule has 1 unspecified atom stereocenters. The second kappa shape index (κ2) is 10.1. The maximum atomic E-state index is 13.4. The SMILES string of the molecule is COc1cc(C(=O)O)ccc1C(C(=O)N(C)C)c1c[nH]c2ccc(NC(=O)OC3CCCC3)cc12. The third-order valence-electron chi connectivity index (χ3n) is 6.33. The number of aromatic amines is 1. The van der Waals surface area contributed by atoms with E-state index in [2.05, 4.69) is 10.3 Å². The van der Waals surface area contributed by atoms with Crippen LogP contribution >= 0.6 is 0 Å². The van der Waals surface area contributed by atoms with Gasteiger partial charge in [-0.05, 0) is 61.6 Å². The molecule has 1 saturated carbocycles. The van der Waals surface area contributed by atoms with Crippen molar-refractivity contribution in [3.05, 3.63) is 59.3 Å². The first-order valence-corrected chi connectivity index (χ1v) is 11.5. The Morgan fingerprint density at radius 2 is 1.83 bits per heavy atom. The highest BCUT2D eigenvalue weighted by Gasteiger charge is 2.30. The molecule has 1 aliphatic carbocycles. The zero-order chi connectivity index (χ0) is 25.1. The number of rotatable bonds is 7. The summed E-state index contributed by atoms with van der Waals surface area (Å²) in [5.41, 5.74) is 2.61. The number of amides is 2. The molecule has 2 amide bonds. The van der Waals surface area contributed by atoms with Crippen LogP contribution in [0, 0.1) is 0 Å². The van der Waals surface area contributed by atoms with Crippen LogP contribution < -0.4 is 10.1 Å². The molecule has 3 N–H and O–H groups in total. The predicted molar refractivity (Wildman–Crippen MR) is 131 cm³/mol. The van der Waals surface area contributed by atoms with Crippen LogP contribution in [0.4, 0.5) is 10.5 Å². The van der Waals surface area contributed by atoms with Gasteiger partial charge in [-0.15, -0.1) is 0 Å². The molecule has 1 aliphatic rings. The van der Waals surface area contributed by atoms with Crippen LogP contribution in [0.5, 0.6) is 5.75 Å². The summed E-state index contributed by atoms with van der Waals surface area (Å²) in [5, 5.41) is 12.9. The van der Waals surface area contributed by atoms with Crippen LogP contribution in [0.15, 0.2) is 42.6 Å². The fourth-order valence-corrected chi connectivity index (χ4v) is 4.54. The molecule has 35 heavy (non-hydrogen) atoms. The minimum atomic E-state index is -1.09. The largest absolute Gasteiger partial charge is 0.496 e. The molecule has 0 aliphatic heterocycles. The van der Waals surface area contributed by atoms with Gasteiger partial charge in [0.05, 0.1) is 18.6 Å². The van der Waals surface area contributed by atoms with E-state index in [0.717, 1.165) is 36.6 Å². The first kappa shape index (κ1) is 24.1. The lowest BCUT2D eigenvalue weighted by atomic mass is 9.88. The summed E-state index contributed by atoms with van der Waals surface area (Å²) < 4.78 is 11.0.